The summed E-state index contributed by atoms with van der Waals surface area (Å²) in [6.07, 6.45) is -2.55. The van der Waals surface area contributed by atoms with E-state index in [0.29, 0.717) is 5.56 Å². The van der Waals surface area contributed by atoms with Crippen LogP contribution in [0.15, 0.2) is 75.7 Å². The molecule has 6 rings (SSSR count). The van der Waals surface area contributed by atoms with Gasteiger partial charge in [-0.05, 0) is 54.6 Å². The lowest BCUT2D eigenvalue weighted by Gasteiger charge is -2.21. The quantitative estimate of drug-likeness (QED) is 0.211. The number of aromatic nitrogens is 3. The number of oxazole rings is 1. The van der Waals surface area contributed by atoms with Crippen molar-refractivity contribution in [3.63, 3.8) is 0 Å². The fourth-order valence-corrected chi connectivity index (χ4v) is 5.27. The second-order valence-electron chi connectivity index (χ2n) is 9.96. The minimum absolute atomic E-state index is 0.00820. The van der Waals surface area contributed by atoms with Gasteiger partial charge >= 0.3 is 6.18 Å². The molecule has 0 aliphatic rings. The second-order valence-corrected chi connectivity index (χ2v) is 12.0. The minimum atomic E-state index is -4.92. The van der Waals surface area contributed by atoms with Gasteiger partial charge in [-0.3, -0.25) is 9.10 Å². The fourth-order valence-electron chi connectivity index (χ4n) is 4.76. The van der Waals surface area contributed by atoms with E-state index >= 15 is 0 Å². The van der Waals surface area contributed by atoms with E-state index < -0.39 is 33.6 Å². The number of alkyl halides is 3. The molecule has 2 aromatic carbocycles. The predicted molar refractivity (Wildman–Crippen MR) is 157 cm³/mol. The summed E-state index contributed by atoms with van der Waals surface area (Å²) in [4.78, 5) is 25.3. The number of halogens is 4. The third-order valence-corrected chi connectivity index (χ3v) is 8.20. The molecule has 0 aliphatic carbocycles. The van der Waals surface area contributed by atoms with Crippen molar-refractivity contribution in [2.24, 2.45) is 0 Å². The van der Waals surface area contributed by atoms with E-state index in [1.807, 2.05) is 0 Å². The van der Waals surface area contributed by atoms with E-state index in [-0.39, 0.29) is 61.9 Å². The first kappa shape index (κ1) is 29.7. The van der Waals surface area contributed by atoms with E-state index in [1.54, 1.807) is 12.1 Å². The maximum atomic E-state index is 14.2. The summed E-state index contributed by atoms with van der Waals surface area (Å²) >= 11 is 0. The molecule has 0 saturated carbocycles. The molecule has 230 valence electrons. The van der Waals surface area contributed by atoms with Crippen LogP contribution in [0.25, 0.3) is 56.2 Å². The van der Waals surface area contributed by atoms with Gasteiger partial charge in [0.1, 0.15) is 22.9 Å². The van der Waals surface area contributed by atoms with Gasteiger partial charge in [0.15, 0.2) is 11.2 Å². The highest BCUT2D eigenvalue weighted by Gasteiger charge is 2.35. The number of hydrogen-bond acceptors (Lipinski definition) is 8. The number of anilines is 1. The Kier molecular flexibility index (Phi) is 7.07. The molecule has 0 radical (unpaired) electrons. The van der Waals surface area contributed by atoms with E-state index in [2.05, 4.69) is 20.3 Å². The van der Waals surface area contributed by atoms with Crippen LogP contribution < -0.4 is 9.62 Å². The summed E-state index contributed by atoms with van der Waals surface area (Å²) < 4.78 is 94.2. The van der Waals surface area contributed by atoms with Crippen molar-refractivity contribution in [3.05, 3.63) is 83.9 Å². The van der Waals surface area contributed by atoms with Gasteiger partial charge in [-0.25, -0.2) is 22.8 Å². The molecule has 6 aromatic rings. The van der Waals surface area contributed by atoms with Crippen LogP contribution in [-0.2, 0) is 16.2 Å². The normalized spacial score (nSPS) is 12.2. The molecular weight excluding hydrogens is 618 g/mol. The first-order chi connectivity index (χ1) is 21.2. The lowest BCUT2D eigenvalue weighted by atomic mass is 9.99. The Hall–Kier alpha value is -5.31. The monoisotopic (exact) mass is 639 g/mol. The zero-order valence-electron chi connectivity index (χ0n) is 23.6. The smallest absolute Gasteiger partial charge is 0.433 e. The predicted octanol–water partition coefficient (Wildman–Crippen LogP) is 6.28. The SMILES string of the molecule is CNC(=O)c1c(-c2ccc(F)cc2)oc2cc(N(C)S(C)(=O)=O)c(-c3cc(-c4nc5ncccc5o4)cc(C(F)(F)F)n3)cc12. The van der Waals surface area contributed by atoms with Crippen LogP contribution in [0.2, 0.25) is 0 Å². The van der Waals surface area contributed by atoms with Gasteiger partial charge in [-0.2, -0.15) is 18.2 Å². The molecule has 10 nitrogen and oxygen atoms in total. The highest BCUT2D eigenvalue weighted by atomic mass is 32.2. The molecule has 0 aliphatic heterocycles. The number of rotatable bonds is 6. The highest BCUT2D eigenvalue weighted by molar-refractivity contribution is 7.92. The molecule has 1 amide bonds. The zero-order valence-corrected chi connectivity index (χ0v) is 24.4. The third kappa shape index (κ3) is 5.46. The second kappa shape index (κ2) is 10.7. The van der Waals surface area contributed by atoms with Crippen LogP contribution in [-0.4, -0.2) is 49.6 Å². The summed E-state index contributed by atoms with van der Waals surface area (Å²) in [5, 5.41) is 2.64. The number of furan rings is 1. The van der Waals surface area contributed by atoms with Gasteiger partial charge < -0.3 is 14.2 Å². The van der Waals surface area contributed by atoms with Gasteiger partial charge in [0, 0.05) is 48.4 Å². The Labute approximate surface area is 252 Å². The molecule has 0 saturated heterocycles. The van der Waals surface area contributed by atoms with E-state index in [0.717, 1.165) is 16.6 Å². The van der Waals surface area contributed by atoms with Gasteiger partial charge in [0.05, 0.1) is 23.2 Å². The van der Waals surface area contributed by atoms with Crippen LogP contribution in [0.1, 0.15) is 16.1 Å². The molecule has 45 heavy (non-hydrogen) atoms. The van der Waals surface area contributed by atoms with Crippen molar-refractivity contribution < 1.29 is 39.6 Å². The number of nitrogens with zero attached hydrogens (tertiary/aromatic N) is 4. The summed E-state index contributed by atoms with van der Waals surface area (Å²) in [6, 6.07) is 12.9. The van der Waals surface area contributed by atoms with Crippen molar-refractivity contribution in [3.8, 4) is 34.0 Å². The van der Waals surface area contributed by atoms with Crippen LogP contribution in [0.5, 0.6) is 0 Å². The van der Waals surface area contributed by atoms with Gasteiger partial charge in [-0.1, -0.05) is 0 Å². The maximum absolute atomic E-state index is 14.2. The van der Waals surface area contributed by atoms with Crippen LogP contribution in [0.4, 0.5) is 23.2 Å². The van der Waals surface area contributed by atoms with Crippen molar-refractivity contribution in [1.82, 2.24) is 20.3 Å². The first-order valence-electron chi connectivity index (χ1n) is 13.1. The molecule has 0 fully saturated rings. The number of benzene rings is 2. The molecule has 0 bridgehead atoms. The van der Waals surface area contributed by atoms with Crippen LogP contribution in [0, 0.1) is 5.82 Å². The average Bonchev–Trinajstić information content (AvgIpc) is 3.60. The van der Waals surface area contributed by atoms with Crippen molar-refractivity contribution in [2.45, 2.75) is 6.18 Å². The molecule has 0 unspecified atom stereocenters. The summed E-state index contributed by atoms with van der Waals surface area (Å²) in [7, 11) is -1.39. The highest BCUT2D eigenvalue weighted by Crippen LogP contribution is 2.43. The number of carbonyl (C=O) groups excluding carboxylic acids is 1. The fraction of sp³-hybridized carbons (Fsp3) is 0.133. The van der Waals surface area contributed by atoms with Crippen LogP contribution in [0.3, 0.4) is 0 Å². The van der Waals surface area contributed by atoms with Crippen molar-refractivity contribution >= 4 is 43.8 Å². The van der Waals surface area contributed by atoms with Crippen molar-refractivity contribution in [1.29, 1.82) is 0 Å². The number of fused-ring (bicyclic) bond motifs is 2. The van der Waals surface area contributed by atoms with E-state index in [9.17, 15) is 30.8 Å². The van der Waals surface area contributed by atoms with Crippen LogP contribution >= 0.6 is 0 Å². The van der Waals surface area contributed by atoms with Gasteiger partial charge in [0.25, 0.3) is 5.91 Å². The largest absolute Gasteiger partial charge is 0.455 e. The average molecular weight is 640 g/mol. The zero-order chi connectivity index (χ0) is 32.3. The number of sulfonamides is 1. The van der Waals surface area contributed by atoms with Gasteiger partial charge in [0.2, 0.25) is 15.9 Å². The number of amides is 1. The Balaban J connectivity index is 1.68. The molecule has 0 spiro atoms. The molecule has 4 aromatic heterocycles. The number of nitrogens with one attached hydrogen (secondary N) is 1. The summed E-state index contributed by atoms with van der Waals surface area (Å²) in [6.45, 7) is 0. The topological polar surface area (TPSA) is 131 Å². The van der Waals surface area contributed by atoms with E-state index in [1.165, 1.54) is 62.8 Å². The number of carbonyl (C=O) groups is 1. The lowest BCUT2D eigenvalue weighted by Crippen LogP contribution is -2.25. The molecule has 15 heteroatoms. The Morgan fingerprint density at radius 2 is 1.69 bits per heavy atom. The third-order valence-electron chi connectivity index (χ3n) is 7.01. The van der Waals surface area contributed by atoms with Gasteiger partial charge in [-0.15, -0.1) is 0 Å². The Bertz CT molecular complexity index is 2200. The summed E-state index contributed by atoms with van der Waals surface area (Å²) in [5.41, 5.74) is -1.11. The Morgan fingerprint density at radius 1 is 0.956 bits per heavy atom. The summed E-state index contributed by atoms with van der Waals surface area (Å²) in [5.74, 6) is -1.28. The molecule has 4 heterocycles. The molecule has 0 atom stereocenters. The van der Waals surface area contributed by atoms with E-state index in [4.69, 9.17) is 8.83 Å². The number of pyridine rings is 2. The van der Waals surface area contributed by atoms with Crippen molar-refractivity contribution in [2.75, 3.05) is 24.7 Å². The minimum Gasteiger partial charge on any atom is -0.455 e. The number of hydrogen-bond donors (Lipinski definition) is 1. The molecular formula is C30H21F4N5O5S. The molecule has 1 N–H and O–H groups in total. The lowest BCUT2D eigenvalue weighted by molar-refractivity contribution is -0.141. The maximum Gasteiger partial charge on any atom is 0.433 e. The standard InChI is InChI=1S/C30H21F4N5O5S/c1-35-28(40)25-19-13-18(21(39(2)45(3,41)42)14-23(19)43-26(25)15-6-8-17(31)9-7-15)20-11-16(12-24(37-20)30(32,33)34)29-38-27-22(44-29)5-4-10-36-27/h4-14H,1-3H3,(H,35,40). The first-order valence-corrected chi connectivity index (χ1v) is 14.9. The Morgan fingerprint density at radius 3 is 2.33 bits per heavy atom.